The molecule has 0 aliphatic carbocycles. The van der Waals surface area contributed by atoms with E-state index in [2.05, 4.69) is 29.3 Å². The molecule has 3 rings (SSSR count). The summed E-state index contributed by atoms with van der Waals surface area (Å²) in [5.74, 6) is 0. The van der Waals surface area contributed by atoms with Gasteiger partial charge in [-0.2, -0.15) is 5.10 Å². The van der Waals surface area contributed by atoms with E-state index in [0.29, 0.717) is 0 Å². The van der Waals surface area contributed by atoms with E-state index in [9.17, 15) is 0 Å². The van der Waals surface area contributed by atoms with Crippen LogP contribution < -0.4 is 0 Å². The Bertz CT molecular complexity index is 612. The van der Waals surface area contributed by atoms with Gasteiger partial charge < -0.3 is 0 Å². The molecule has 1 saturated heterocycles. The van der Waals surface area contributed by atoms with E-state index in [1.807, 2.05) is 30.3 Å². The number of benzene rings is 2. The molecule has 1 aliphatic rings. The third kappa shape index (κ3) is 3.89. The molecule has 0 N–H and O–H groups in total. The Hall–Kier alpha value is -1.80. The van der Waals surface area contributed by atoms with Crippen molar-refractivity contribution in [3.8, 4) is 0 Å². The average Bonchev–Trinajstić information content (AvgIpc) is 2.83. The van der Waals surface area contributed by atoms with Gasteiger partial charge in [0, 0.05) is 29.2 Å². The standard InChI is InChI=1S/C19H21ClN2/c20-18-12-10-17(11-13-18)19(16-8-4-3-5-9-16)21-22-14-6-1-2-7-15-22/h3-5,8-13H,1-2,6-7,14-15H2. The van der Waals surface area contributed by atoms with Gasteiger partial charge in [0.2, 0.25) is 0 Å². The van der Waals surface area contributed by atoms with Crippen LogP contribution in [0.2, 0.25) is 5.02 Å². The molecule has 0 radical (unpaired) electrons. The van der Waals surface area contributed by atoms with Gasteiger partial charge in [-0.05, 0) is 25.0 Å². The summed E-state index contributed by atoms with van der Waals surface area (Å²) in [6.45, 7) is 2.09. The normalized spacial score (nSPS) is 16.4. The average molecular weight is 313 g/mol. The maximum atomic E-state index is 6.03. The van der Waals surface area contributed by atoms with Crippen molar-refractivity contribution in [1.82, 2.24) is 5.01 Å². The topological polar surface area (TPSA) is 15.6 Å². The number of hydrogen-bond donors (Lipinski definition) is 0. The Kier molecular flexibility index (Phi) is 5.12. The maximum Gasteiger partial charge on any atom is 0.0976 e. The van der Waals surface area contributed by atoms with Crippen LogP contribution in [0.4, 0.5) is 0 Å². The predicted molar refractivity (Wildman–Crippen MR) is 93.6 cm³/mol. The third-order valence-electron chi connectivity index (χ3n) is 3.99. The lowest BCUT2D eigenvalue weighted by Gasteiger charge is -2.19. The second-order valence-electron chi connectivity index (χ2n) is 5.69. The van der Waals surface area contributed by atoms with Crippen molar-refractivity contribution >= 4 is 17.3 Å². The highest BCUT2D eigenvalue weighted by molar-refractivity contribution is 6.30. The van der Waals surface area contributed by atoms with E-state index in [0.717, 1.165) is 35.0 Å². The summed E-state index contributed by atoms with van der Waals surface area (Å²) < 4.78 is 0. The zero-order valence-corrected chi connectivity index (χ0v) is 13.5. The molecular weight excluding hydrogens is 292 g/mol. The Balaban J connectivity index is 1.96. The van der Waals surface area contributed by atoms with Crippen molar-refractivity contribution < 1.29 is 0 Å². The van der Waals surface area contributed by atoms with Crippen LogP contribution in [0.25, 0.3) is 0 Å². The smallest absolute Gasteiger partial charge is 0.0976 e. The lowest BCUT2D eigenvalue weighted by atomic mass is 10.0. The van der Waals surface area contributed by atoms with Crippen LogP contribution in [-0.2, 0) is 0 Å². The van der Waals surface area contributed by atoms with Gasteiger partial charge in [0.1, 0.15) is 0 Å². The SMILES string of the molecule is Clc1ccc(C(=NN2CCCCCC2)c2ccccc2)cc1. The van der Waals surface area contributed by atoms with E-state index in [-0.39, 0.29) is 0 Å². The lowest BCUT2D eigenvalue weighted by Crippen LogP contribution is -2.21. The molecule has 0 bridgehead atoms. The van der Waals surface area contributed by atoms with Gasteiger partial charge in [0.05, 0.1) is 5.71 Å². The molecule has 2 aromatic rings. The number of hydrogen-bond acceptors (Lipinski definition) is 2. The molecule has 2 nitrogen and oxygen atoms in total. The van der Waals surface area contributed by atoms with Crippen molar-refractivity contribution in [2.75, 3.05) is 13.1 Å². The van der Waals surface area contributed by atoms with Gasteiger partial charge in [-0.15, -0.1) is 0 Å². The van der Waals surface area contributed by atoms with Gasteiger partial charge in [-0.3, -0.25) is 5.01 Å². The first-order valence-electron chi connectivity index (χ1n) is 7.98. The van der Waals surface area contributed by atoms with Crippen molar-refractivity contribution in [2.24, 2.45) is 5.10 Å². The molecule has 3 heteroatoms. The fourth-order valence-electron chi connectivity index (χ4n) is 2.78. The first-order chi connectivity index (χ1) is 10.8. The van der Waals surface area contributed by atoms with Crippen molar-refractivity contribution in [2.45, 2.75) is 25.7 Å². The molecule has 1 aliphatic heterocycles. The minimum Gasteiger partial charge on any atom is -0.296 e. The van der Waals surface area contributed by atoms with Crippen molar-refractivity contribution in [3.05, 3.63) is 70.7 Å². The molecule has 0 saturated carbocycles. The second kappa shape index (κ2) is 7.46. The molecule has 2 aromatic carbocycles. The summed E-state index contributed by atoms with van der Waals surface area (Å²) in [4.78, 5) is 0. The van der Waals surface area contributed by atoms with E-state index in [1.54, 1.807) is 0 Å². The minimum atomic E-state index is 0.755. The zero-order valence-electron chi connectivity index (χ0n) is 12.7. The Labute approximate surface area is 137 Å². The fraction of sp³-hybridized carbons (Fsp3) is 0.316. The zero-order chi connectivity index (χ0) is 15.2. The van der Waals surface area contributed by atoms with Crippen LogP contribution in [0.3, 0.4) is 0 Å². The number of halogens is 1. The first-order valence-corrected chi connectivity index (χ1v) is 8.36. The highest BCUT2D eigenvalue weighted by Crippen LogP contribution is 2.17. The monoisotopic (exact) mass is 312 g/mol. The van der Waals surface area contributed by atoms with Crippen molar-refractivity contribution in [1.29, 1.82) is 0 Å². The van der Waals surface area contributed by atoms with Crippen LogP contribution in [0.5, 0.6) is 0 Å². The molecular formula is C19H21ClN2. The molecule has 0 unspecified atom stereocenters. The Morgan fingerprint density at radius 1 is 0.773 bits per heavy atom. The minimum absolute atomic E-state index is 0.755. The van der Waals surface area contributed by atoms with E-state index in [4.69, 9.17) is 16.7 Å². The summed E-state index contributed by atoms with van der Waals surface area (Å²) in [6.07, 6.45) is 5.08. The Morgan fingerprint density at radius 2 is 1.36 bits per heavy atom. The highest BCUT2D eigenvalue weighted by Gasteiger charge is 2.11. The molecule has 22 heavy (non-hydrogen) atoms. The van der Waals surface area contributed by atoms with Gasteiger partial charge in [0.15, 0.2) is 0 Å². The third-order valence-corrected chi connectivity index (χ3v) is 4.24. The largest absolute Gasteiger partial charge is 0.296 e. The predicted octanol–water partition coefficient (Wildman–Crippen LogP) is 4.97. The molecule has 1 fully saturated rings. The highest BCUT2D eigenvalue weighted by atomic mass is 35.5. The molecule has 1 heterocycles. The van der Waals surface area contributed by atoms with E-state index >= 15 is 0 Å². The molecule has 0 atom stereocenters. The quantitative estimate of drug-likeness (QED) is 0.731. The molecule has 0 aromatic heterocycles. The summed E-state index contributed by atoms with van der Waals surface area (Å²) in [7, 11) is 0. The summed E-state index contributed by atoms with van der Waals surface area (Å²) in [6, 6.07) is 18.3. The molecule has 0 spiro atoms. The van der Waals surface area contributed by atoms with Gasteiger partial charge in [-0.1, -0.05) is 66.9 Å². The van der Waals surface area contributed by atoms with Crippen LogP contribution in [0, 0.1) is 0 Å². The van der Waals surface area contributed by atoms with E-state index in [1.165, 1.54) is 25.7 Å². The molecule has 114 valence electrons. The van der Waals surface area contributed by atoms with Gasteiger partial charge in [-0.25, -0.2) is 0 Å². The summed E-state index contributed by atoms with van der Waals surface area (Å²) >= 11 is 6.03. The second-order valence-corrected chi connectivity index (χ2v) is 6.13. The Morgan fingerprint density at radius 3 is 2.00 bits per heavy atom. The van der Waals surface area contributed by atoms with Crippen LogP contribution in [0.1, 0.15) is 36.8 Å². The maximum absolute atomic E-state index is 6.03. The van der Waals surface area contributed by atoms with E-state index < -0.39 is 0 Å². The van der Waals surface area contributed by atoms with Crippen LogP contribution >= 0.6 is 11.6 Å². The summed E-state index contributed by atoms with van der Waals surface area (Å²) in [5.41, 5.74) is 3.29. The number of nitrogens with zero attached hydrogens (tertiary/aromatic N) is 2. The fourth-order valence-corrected chi connectivity index (χ4v) is 2.91. The lowest BCUT2D eigenvalue weighted by molar-refractivity contribution is 0.301. The number of hydrazone groups is 1. The van der Waals surface area contributed by atoms with Crippen LogP contribution in [-0.4, -0.2) is 23.8 Å². The van der Waals surface area contributed by atoms with Gasteiger partial charge >= 0.3 is 0 Å². The van der Waals surface area contributed by atoms with Gasteiger partial charge in [0.25, 0.3) is 0 Å². The first kappa shape index (κ1) is 15.1. The van der Waals surface area contributed by atoms with Crippen LogP contribution in [0.15, 0.2) is 59.7 Å². The molecule has 0 amide bonds. The van der Waals surface area contributed by atoms with Crippen molar-refractivity contribution in [3.63, 3.8) is 0 Å². The number of rotatable bonds is 3. The summed E-state index contributed by atoms with van der Waals surface area (Å²) in [5, 5.41) is 7.95.